The van der Waals surface area contributed by atoms with Crippen LogP contribution in [-0.2, 0) is 0 Å². The van der Waals surface area contributed by atoms with E-state index in [1.807, 2.05) is 31.3 Å². The Hall–Kier alpha value is -2.03. The van der Waals surface area contributed by atoms with Crippen molar-refractivity contribution in [3.05, 3.63) is 53.9 Å². The lowest BCUT2D eigenvalue weighted by molar-refractivity contribution is 0.103. The van der Waals surface area contributed by atoms with Crippen molar-refractivity contribution in [1.82, 2.24) is 4.98 Å². The number of aromatic nitrogens is 1. The Kier molecular flexibility index (Phi) is 2.54. The number of H-pyrrole nitrogens is 1. The van der Waals surface area contributed by atoms with Crippen molar-refractivity contribution in [1.29, 1.82) is 0 Å². The first-order chi connectivity index (χ1) is 7.31. The van der Waals surface area contributed by atoms with Crippen LogP contribution in [0, 0.1) is 0 Å². The van der Waals surface area contributed by atoms with Gasteiger partial charge < -0.3 is 10.3 Å². The van der Waals surface area contributed by atoms with Gasteiger partial charge in [-0.25, -0.2) is 0 Å². The highest BCUT2D eigenvalue weighted by Crippen LogP contribution is 2.12. The molecule has 0 aliphatic heterocycles. The second-order valence-corrected chi connectivity index (χ2v) is 3.26. The summed E-state index contributed by atoms with van der Waals surface area (Å²) in [5.41, 5.74) is 2.39. The van der Waals surface area contributed by atoms with Crippen LogP contribution in [0.4, 0.5) is 5.69 Å². The van der Waals surface area contributed by atoms with Gasteiger partial charge in [-0.1, -0.05) is 0 Å². The Morgan fingerprint density at radius 3 is 2.40 bits per heavy atom. The Morgan fingerprint density at radius 1 is 1.13 bits per heavy atom. The van der Waals surface area contributed by atoms with Gasteiger partial charge in [-0.3, -0.25) is 4.79 Å². The fraction of sp³-hybridized carbons (Fsp3) is 0.0833. The van der Waals surface area contributed by atoms with Crippen molar-refractivity contribution in [2.45, 2.75) is 0 Å². The Balaban J connectivity index is 2.27. The topological polar surface area (TPSA) is 44.9 Å². The van der Waals surface area contributed by atoms with Crippen molar-refractivity contribution in [3.63, 3.8) is 0 Å². The van der Waals surface area contributed by atoms with Crippen molar-refractivity contribution in [2.24, 2.45) is 0 Å². The second-order valence-electron chi connectivity index (χ2n) is 3.26. The molecule has 3 nitrogen and oxygen atoms in total. The Morgan fingerprint density at radius 2 is 1.87 bits per heavy atom. The third-order valence-corrected chi connectivity index (χ3v) is 2.30. The minimum Gasteiger partial charge on any atom is -0.388 e. The largest absolute Gasteiger partial charge is 0.388 e. The molecule has 0 saturated heterocycles. The van der Waals surface area contributed by atoms with Crippen LogP contribution in [0.2, 0.25) is 0 Å². The van der Waals surface area contributed by atoms with E-state index >= 15 is 0 Å². The molecule has 1 aromatic carbocycles. The number of hydrogen-bond donors (Lipinski definition) is 2. The molecular weight excluding hydrogens is 188 g/mol. The lowest BCUT2D eigenvalue weighted by Gasteiger charge is -2.01. The summed E-state index contributed by atoms with van der Waals surface area (Å²) in [6.07, 6.45) is 3.45. The molecule has 0 amide bonds. The van der Waals surface area contributed by atoms with Gasteiger partial charge in [-0.15, -0.1) is 0 Å². The van der Waals surface area contributed by atoms with Crippen LogP contribution in [-0.4, -0.2) is 17.8 Å². The fourth-order valence-corrected chi connectivity index (χ4v) is 1.42. The quantitative estimate of drug-likeness (QED) is 0.746. The number of benzene rings is 1. The summed E-state index contributed by atoms with van der Waals surface area (Å²) >= 11 is 0. The molecule has 15 heavy (non-hydrogen) atoms. The number of ketones is 1. The number of nitrogens with one attached hydrogen (secondary N) is 2. The number of aromatic amines is 1. The van der Waals surface area contributed by atoms with E-state index in [0.29, 0.717) is 11.1 Å². The van der Waals surface area contributed by atoms with Gasteiger partial charge in [-0.05, 0) is 30.3 Å². The van der Waals surface area contributed by atoms with Crippen LogP contribution >= 0.6 is 0 Å². The molecule has 0 aliphatic carbocycles. The first-order valence-corrected chi connectivity index (χ1v) is 4.76. The monoisotopic (exact) mass is 200 g/mol. The lowest BCUT2D eigenvalue weighted by atomic mass is 10.1. The van der Waals surface area contributed by atoms with E-state index < -0.39 is 0 Å². The smallest absolute Gasteiger partial charge is 0.194 e. The summed E-state index contributed by atoms with van der Waals surface area (Å²) in [7, 11) is 1.85. The van der Waals surface area contributed by atoms with Crippen LogP contribution in [0.3, 0.4) is 0 Å². The molecule has 0 aliphatic rings. The van der Waals surface area contributed by atoms with Crippen LogP contribution in [0.25, 0.3) is 0 Å². The third-order valence-electron chi connectivity index (χ3n) is 2.30. The fourth-order valence-electron chi connectivity index (χ4n) is 1.42. The molecule has 0 atom stereocenters. The van der Waals surface area contributed by atoms with Crippen molar-refractivity contribution in [3.8, 4) is 0 Å². The number of rotatable bonds is 3. The van der Waals surface area contributed by atoms with E-state index in [4.69, 9.17) is 0 Å². The molecule has 0 fully saturated rings. The average Bonchev–Trinajstić information content (AvgIpc) is 2.82. The highest BCUT2D eigenvalue weighted by Gasteiger charge is 2.08. The van der Waals surface area contributed by atoms with Crippen molar-refractivity contribution < 1.29 is 4.79 Å². The SMILES string of the molecule is CNc1ccc(C(=O)c2cc[nH]c2)cc1. The first-order valence-electron chi connectivity index (χ1n) is 4.76. The number of carbonyl (C=O) groups excluding carboxylic acids is 1. The van der Waals surface area contributed by atoms with E-state index in [0.717, 1.165) is 5.69 Å². The second kappa shape index (κ2) is 4.00. The molecule has 76 valence electrons. The van der Waals surface area contributed by atoms with Gasteiger partial charge in [0.2, 0.25) is 0 Å². The van der Waals surface area contributed by atoms with Gasteiger partial charge in [0.15, 0.2) is 5.78 Å². The molecule has 2 rings (SSSR count). The summed E-state index contributed by atoms with van der Waals surface area (Å²) in [6.45, 7) is 0. The highest BCUT2D eigenvalue weighted by atomic mass is 16.1. The van der Waals surface area contributed by atoms with E-state index in [2.05, 4.69) is 10.3 Å². The lowest BCUT2D eigenvalue weighted by Crippen LogP contribution is -1.99. The molecule has 2 aromatic rings. The van der Waals surface area contributed by atoms with E-state index in [1.165, 1.54) is 0 Å². The summed E-state index contributed by atoms with van der Waals surface area (Å²) in [5.74, 6) is 0.0407. The molecule has 2 N–H and O–H groups in total. The third kappa shape index (κ3) is 1.91. The number of anilines is 1. The van der Waals surface area contributed by atoms with Crippen LogP contribution in [0.5, 0.6) is 0 Å². The zero-order valence-corrected chi connectivity index (χ0v) is 8.45. The molecular formula is C12H12N2O. The van der Waals surface area contributed by atoms with E-state index in [9.17, 15) is 4.79 Å². The summed E-state index contributed by atoms with van der Waals surface area (Å²) in [6, 6.07) is 9.19. The minimum absolute atomic E-state index is 0.0407. The number of hydrogen-bond acceptors (Lipinski definition) is 2. The molecule has 0 spiro atoms. The predicted octanol–water partition coefficient (Wildman–Crippen LogP) is 2.29. The molecule has 0 radical (unpaired) electrons. The Bertz CT molecular complexity index is 443. The highest BCUT2D eigenvalue weighted by molar-refractivity contribution is 6.08. The molecule has 0 unspecified atom stereocenters. The number of carbonyl (C=O) groups is 1. The normalized spacial score (nSPS) is 9.93. The minimum atomic E-state index is 0.0407. The van der Waals surface area contributed by atoms with Crippen molar-refractivity contribution in [2.75, 3.05) is 12.4 Å². The van der Waals surface area contributed by atoms with Gasteiger partial charge in [0, 0.05) is 36.3 Å². The zero-order chi connectivity index (χ0) is 10.7. The molecule has 1 heterocycles. The summed E-state index contributed by atoms with van der Waals surface area (Å²) < 4.78 is 0. The molecule has 3 heteroatoms. The molecule has 0 bridgehead atoms. The van der Waals surface area contributed by atoms with Gasteiger partial charge in [0.1, 0.15) is 0 Å². The van der Waals surface area contributed by atoms with Crippen LogP contribution < -0.4 is 5.32 Å². The van der Waals surface area contributed by atoms with Crippen LogP contribution in [0.15, 0.2) is 42.7 Å². The molecule has 1 aromatic heterocycles. The molecule has 0 saturated carbocycles. The zero-order valence-electron chi connectivity index (χ0n) is 8.45. The standard InChI is InChI=1S/C12H12N2O/c1-13-11-4-2-9(3-5-11)12(15)10-6-7-14-8-10/h2-8,13-14H,1H3. The summed E-state index contributed by atoms with van der Waals surface area (Å²) in [4.78, 5) is 14.7. The maximum Gasteiger partial charge on any atom is 0.194 e. The van der Waals surface area contributed by atoms with E-state index in [-0.39, 0.29) is 5.78 Å². The van der Waals surface area contributed by atoms with Gasteiger partial charge in [0.25, 0.3) is 0 Å². The maximum absolute atomic E-state index is 11.9. The summed E-state index contributed by atoms with van der Waals surface area (Å²) in [5, 5.41) is 3.01. The average molecular weight is 200 g/mol. The Labute approximate surface area is 88.1 Å². The van der Waals surface area contributed by atoms with Crippen molar-refractivity contribution >= 4 is 11.5 Å². The van der Waals surface area contributed by atoms with Gasteiger partial charge in [-0.2, -0.15) is 0 Å². The van der Waals surface area contributed by atoms with Gasteiger partial charge in [0.05, 0.1) is 0 Å². The maximum atomic E-state index is 11.9. The first kappa shape index (κ1) is 9.52. The van der Waals surface area contributed by atoms with Crippen LogP contribution in [0.1, 0.15) is 15.9 Å². The van der Waals surface area contributed by atoms with E-state index in [1.54, 1.807) is 18.5 Å². The predicted molar refractivity (Wildman–Crippen MR) is 60.2 cm³/mol. The van der Waals surface area contributed by atoms with Gasteiger partial charge >= 0.3 is 0 Å².